The molecule has 29 heavy (non-hydrogen) atoms. The Kier molecular flexibility index (Phi) is 6.10. The second-order valence-electron chi connectivity index (χ2n) is 6.60. The molecule has 0 spiro atoms. The van der Waals surface area contributed by atoms with Crippen molar-refractivity contribution in [2.45, 2.75) is 26.3 Å². The predicted molar refractivity (Wildman–Crippen MR) is 115 cm³/mol. The summed E-state index contributed by atoms with van der Waals surface area (Å²) in [6, 6.07) is 19.1. The number of nitrogen functional groups attached to an aromatic ring is 1. The van der Waals surface area contributed by atoms with Crippen molar-refractivity contribution >= 4 is 17.2 Å². The van der Waals surface area contributed by atoms with Gasteiger partial charge in [-0.25, -0.2) is 9.97 Å². The van der Waals surface area contributed by atoms with Gasteiger partial charge in [0, 0.05) is 11.6 Å². The molecule has 0 saturated heterocycles. The van der Waals surface area contributed by atoms with Crippen molar-refractivity contribution in [3.05, 3.63) is 83.2 Å². The molecule has 1 aromatic heterocycles. The molecule has 0 bridgehead atoms. The van der Waals surface area contributed by atoms with E-state index in [1.54, 1.807) is 12.1 Å². The second-order valence-corrected chi connectivity index (χ2v) is 6.60. The normalized spacial score (nSPS) is 12.6. The topological polar surface area (TPSA) is 108 Å². The Morgan fingerprint density at radius 2 is 1.83 bits per heavy atom. The highest BCUT2D eigenvalue weighted by molar-refractivity contribution is 5.85. The molecular weight excluding hydrogens is 362 g/mol. The van der Waals surface area contributed by atoms with Crippen molar-refractivity contribution in [2.24, 2.45) is 0 Å². The zero-order valence-corrected chi connectivity index (χ0v) is 16.4. The number of anilines is 2. The van der Waals surface area contributed by atoms with Crippen LogP contribution >= 0.6 is 0 Å². The third-order valence-electron chi connectivity index (χ3n) is 4.80. The highest BCUT2D eigenvalue weighted by atomic mass is 16.3. The van der Waals surface area contributed by atoms with E-state index in [4.69, 9.17) is 5.73 Å². The summed E-state index contributed by atoms with van der Waals surface area (Å²) in [7, 11) is 0. The minimum Gasteiger partial charge on any atom is -0.507 e. The lowest BCUT2D eigenvalue weighted by atomic mass is 9.88. The fourth-order valence-electron chi connectivity index (χ4n) is 3.41. The van der Waals surface area contributed by atoms with Crippen LogP contribution in [0.3, 0.4) is 0 Å². The van der Waals surface area contributed by atoms with Gasteiger partial charge in [0.2, 0.25) is 0 Å². The molecular formula is C23H23N5O. The Hall–Kier alpha value is -3.85. The molecule has 0 aliphatic carbocycles. The van der Waals surface area contributed by atoms with Gasteiger partial charge in [-0.1, -0.05) is 55.5 Å². The molecule has 1 unspecified atom stereocenters. The summed E-state index contributed by atoms with van der Waals surface area (Å²) in [5, 5.41) is 23.3. The van der Waals surface area contributed by atoms with Crippen molar-refractivity contribution in [3.63, 3.8) is 0 Å². The first-order chi connectivity index (χ1) is 14.1. The van der Waals surface area contributed by atoms with Gasteiger partial charge in [0.25, 0.3) is 0 Å². The fourth-order valence-corrected chi connectivity index (χ4v) is 3.41. The first-order valence-corrected chi connectivity index (χ1v) is 9.40. The number of benzene rings is 2. The van der Waals surface area contributed by atoms with Gasteiger partial charge in [-0.3, -0.25) is 0 Å². The summed E-state index contributed by atoms with van der Waals surface area (Å²) >= 11 is 0. The van der Waals surface area contributed by atoms with Crippen LogP contribution in [-0.2, 0) is 0 Å². The summed E-state index contributed by atoms with van der Waals surface area (Å²) in [5.41, 5.74) is 9.82. The van der Waals surface area contributed by atoms with Gasteiger partial charge in [-0.2, -0.15) is 5.26 Å². The van der Waals surface area contributed by atoms with Crippen molar-refractivity contribution in [2.75, 3.05) is 11.1 Å². The largest absolute Gasteiger partial charge is 0.507 e. The predicted octanol–water partition coefficient (Wildman–Crippen LogP) is 4.35. The molecule has 6 heteroatoms. The SMILES string of the molecule is CC/C(=C(/c1ccccc1)c1ccccc1O)C(C)Nc1ncnc(N)c1C#N. The van der Waals surface area contributed by atoms with Crippen molar-refractivity contribution in [3.8, 4) is 11.8 Å². The second kappa shape index (κ2) is 8.89. The van der Waals surface area contributed by atoms with E-state index in [0.29, 0.717) is 5.82 Å². The zero-order chi connectivity index (χ0) is 20.8. The first-order valence-electron chi connectivity index (χ1n) is 9.40. The molecule has 0 amide bonds. The van der Waals surface area contributed by atoms with Gasteiger partial charge in [0.1, 0.15) is 35.3 Å². The molecule has 1 atom stereocenters. The smallest absolute Gasteiger partial charge is 0.150 e. The lowest BCUT2D eigenvalue weighted by molar-refractivity contribution is 0.473. The molecule has 3 rings (SSSR count). The molecule has 1 heterocycles. The summed E-state index contributed by atoms with van der Waals surface area (Å²) in [5.74, 6) is 0.750. The van der Waals surface area contributed by atoms with Crippen LogP contribution in [-0.4, -0.2) is 21.1 Å². The summed E-state index contributed by atoms with van der Waals surface area (Å²) in [4.78, 5) is 8.08. The Morgan fingerprint density at radius 3 is 2.48 bits per heavy atom. The van der Waals surface area contributed by atoms with Gasteiger partial charge >= 0.3 is 0 Å². The number of nitrogens with zero attached hydrogens (tertiary/aromatic N) is 3. The maximum atomic E-state index is 10.5. The Morgan fingerprint density at radius 1 is 1.14 bits per heavy atom. The molecule has 0 saturated carbocycles. The lowest BCUT2D eigenvalue weighted by Crippen LogP contribution is -2.21. The maximum Gasteiger partial charge on any atom is 0.150 e. The zero-order valence-electron chi connectivity index (χ0n) is 16.4. The van der Waals surface area contributed by atoms with Crippen LogP contribution in [0.25, 0.3) is 5.57 Å². The monoisotopic (exact) mass is 385 g/mol. The number of para-hydroxylation sites is 1. The average molecular weight is 385 g/mol. The quantitative estimate of drug-likeness (QED) is 0.582. The van der Waals surface area contributed by atoms with Crippen LogP contribution in [0.5, 0.6) is 5.75 Å². The fraction of sp³-hybridized carbons (Fsp3) is 0.174. The number of nitrogens with one attached hydrogen (secondary N) is 1. The Labute approximate surface area is 170 Å². The minimum atomic E-state index is -0.170. The van der Waals surface area contributed by atoms with Crippen molar-refractivity contribution in [1.82, 2.24) is 9.97 Å². The number of rotatable bonds is 6. The van der Waals surface area contributed by atoms with Crippen LogP contribution in [0.2, 0.25) is 0 Å². The van der Waals surface area contributed by atoms with Gasteiger partial charge in [0.15, 0.2) is 0 Å². The molecule has 0 fully saturated rings. The number of nitrogens with two attached hydrogens (primary N) is 1. The third kappa shape index (κ3) is 4.19. The third-order valence-corrected chi connectivity index (χ3v) is 4.80. The number of aromatic hydroxyl groups is 1. The van der Waals surface area contributed by atoms with Crippen LogP contribution in [0.4, 0.5) is 11.6 Å². The molecule has 4 N–H and O–H groups in total. The van der Waals surface area contributed by atoms with E-state index in [1.165, 1.54) is 6.33 Å². The summed E-state index contributed by atoms with van der Waals surface area (Å²) in [6.07, 6.45) is 2.07. The minimum absolute atomic E-state index is 0.142. The van der Waals surface area contributed by atoms with Crippen LogP contribution < -0.4 is 11.1 Å². The number of aromatic nitrogens is 2. The molecule has 3 aromatic rings. The van der Waals surface area contributed by atoms with E-state index < -0.39 is 0 Å². The molecule has 0 aliphatic heterocycles. The van der Waals surface area contributed by atoms with Gasteiger partial charge < -0.3 is 16.2 Å². The van der Waals surface area contributed by atoms with Gasteiger partial charge in [0.05, 0.1) is 0 Å². The standard InChI is InChI=1S/C23H23N5O/c1-3-17(15(2)28-23-19(13-24)22(25)26-14-27-23)21(16-9-5-4-6-10-16)18-11-7-8-12-20(18)29/h4-12,14-15,29H,3H2,1-2H3,(H3,25,26,27,28)/b21-17+. The molecule has 6 nitrogen and oxygen atoms in total. The van der Waals surface area contributed by atoms with Crippen molar-refractivity contribution < 1.29 is 5.11 Å². The van der Waals surface area contributed by atoms with E-state index in [1.807, 2.05) is 49.4 Å². The molecule has 0 aliphatic rings. The van der Waals surface area contributed by atoms with E-state index in [2.05, 4.69) is 28.3 Å². The summed E-state index contributed by atoms with van der Waals surface area (Å²) < 4.78 is 0. The number of phenolic OH excluding ortho intramolecular Hbond substituents is 1. The lowest BCUT2D eigenvalue weighted by Gasteiger charge is -2.23. The number of hydrogen-bond donors (Lipinski definition) is 3. The van der Waals surface area contributed by atoms with Crippen LogP contribution in [0.15, 0.2) is 66.5 Å². The highest BCUT2D eigenvalue weighted by Gasteiger charge is 2.20. The number of phenols is 1. The Bertz CT molecular complexity index is 1070. The molecule has 146 valence electrons. The van der Waals surface area contributed by atoms with Gasteiger partial charge in [-0.05, 0) is 36.1 Å². The first kappa shape index (κ1) is 19.9. The number of nitriles is 1. The van der Waals surface area contributed by atoms with Crippen LogP contribution in [0.1, 0.15) is 37.0 Å². The van der Waals surface area contributed by atoms with E-state index >= 15 is 0 Å². The number of hydrogen-bond acceptors (Lipinski definition) is 6. The highest BCUT2D eigenvalue weighted by Crippen LogP contribution is 2.35. The maximum absolute atomic E-state index is 10.5. The van der Waals surface area contributed by atoms with E-state index in [9.17, 15) is 10.4 Å². The summed E-state index contributed by atoms with van der Waals surface area (Å²) in [6.45, 7) is 4.07. The van der Waals surface area contributed by atoms with E-state index in [-0.39, 0.29) is 23.2 Å². The average Bonchev–Trinajstić information content (AvgIpc) is 2.73. The van der Waals surface area contributed by atoms with Crippen molar-refractivity contribution in [1.29, 1.82) is 5.26 Å². The van der Waals surface area contributed by atoms with Gasteiger partial charge in [-0.15, -0.1) is 0 Å². The van der Waals surface area contributed by atoms with Crippen LogP contribution in [0, 0.1) is 11.3 Å². The van der Waals surface area contributed by atoms with E-state index in [0.717, 1.165) is 28.7 Å². The molecule has 2 aromatic carbocycles. The Balaban J connectivity index is 2.14. The molecule has 0 radical (unpaired) electrons.